The number of aryl methyl sites for hydroxylation is 1. The summed E-state index contributed by atoms with van der Waals surface area (Å²) in [5, 5.41) is 2.86. The molecule has 1 aliphatic carbocycles. The molecule has 22 heavy (non-hydrogen) atoms. The Balaban J connectivity index is 2.26. The van der Waals surface area contributed by atoms with E-state index in [0.29, 0.717) is 6.54 Å². The number of ether oxygens (including phenoxy) is 2. The van der Waals surface area contributed by atoms with Crippen LogP contribution < -0.4 is 10.1 Å². The van der Waals surface area contributed by atoms with Gasteiger partial charge < -0.3 is 14.8 Å². The van der Waals surface area contributed by atoms with Crippen LogP contribution in [0.1, 0.15) is 31.4 Å². The molecule has 0 aliphatic heterocycles. The van der Waals surface area contributed by atoms with Crippen LogP contribution in [-0.4, -0.2) is 33.3 Å². The topological polar surface area (TPSA) is 47.6 Å². The van der Waals surface area contributed by atoms with Crippen molar-refractivity contribution in [2.24, 2.45) is 5.41 Å². The van der Waals surface area contributed by atoms with Gasteiger partial charge in [-0.1, -0.05) is 26.0 Å². The van der Waals surface area contributed by atoms with Crippen molar-refractivity contribution in [3.63, 3.8) is 0 Å². The van der Waals surface area contributed by atoms with Gasteiger partial charge in [-0.2, -0.15) is 0 Å². The summed E-state index contributed by atoms with van der Waals surface area (Å²) < 4.78 is 10.2. The number of hydrogen-bond acceptors (Lipinski definition) is 3. The molecule has 0 fully saturated rings. The zero-order valence-electron chi connectivity index (χ0n) is 13.9. The molecule has 4 heteroatoms. The molecule has 0 radical (unpaired) electrons. The molecule has 1 amide bonds. The molecule has 0 atom stereocenters. The van der Waals surface area contributed by atoms with E-state index in [4.69, 9.17) is 9.47 Å². The summed E-state index contributed by atoms with van der Waals surface area (Å²) >= 11 is 0. The summed E-state index contributed by atoms with van der Waals surface area (Å²) in [6.07, 6.45) is 4.29. The summed E-state index contributed by atoms with van der Waals surface area (Å²) in [7, 11) is 3.20. The number of amides is 1. The lowest BCUT2D eigenvalue weighted by molar-refractivity contribution is -0.124. The minimum atomic E-state index is -0.0983. The SMILES string of the molecule is COCC(=O)NCC=C1c2cc(OC)ccc2CCC1(C)C. The highest BCUT2D eigenvalue weighted by atomic mass is 16.5. The van der Waals surface area contributed by atoms with Crippen molar-refractivity contribution in [2.45, 2.75) is 26.7 Å². The van der Waals surface area contributed by atoms with Gasteiger partial charge in [-0.05, 0) is 47.1 Å². The standard InChI is InChI=1S/C18H25NO3/c1-18(2)9-7-13-5-6-14(22-4)11-15(13)16(18)8-10-19-17(20)12-21-3/h5-6,8,11H,7,9-10,12H2,1-4H3,(H,19,20). The molecular weight excluding hydrogens is 278 g/mol. The molecule has 0 saturated carbocycles. The number of nitrogens with one attached hydrogen (secondary N) is 1. The van der Waals surface area contributed by atoms with E-state index < -0.39 is 0 Å². The molecule has 1 N–H and O–H groups in total. The van der Waals surface area contributed by atoms with Crippen molar-refractivity contribution >= 4 is 11.5 Å². The normalized spacial score (nSPS) is 17.9. The van der Waals surface area contributed by atoms with Gasteiger partial charge in [-0.15, -0.1) is 0 Å². The molecule has 0 spiro atoms. The van der Waals surface area contributed by atoms with E-state index in [2.05, 4.69) is 37.4 Å². The van der Waals surface area contributed by atoms with Crippen LogP contribution in [0.2, 0.25) is 0 Å². The Morgan fingerprint density at radius 1 is 1.36 bits per heavy atom. The highest BCUT2D eigenvalue weighted by molar-refractivity contribution is 5.79. The van der Waals surface area contributed by atoms with Crippen LogP contribution in [-0.2, 0) is 16.0 Å². The Morgan fingerprint density at radius 2 is 2.14 bits per heavy atom. The molecular formula is C18H25NO3. The van der Waals surface area contributed by atoms with Crippen LogP contribution in [0.15, 0.2) is 24.3 Å². The van der Waals surface area contributed by atoms with Crippen molar-refractivity contribution in [2.75, 3.05) is 27.4 Å². The third kappa shape index (κ3) is 3.69. The second-order valence-electron chi connectivity index (χ2n) is 6.26. The van der Waals surface area contributed by atoms with Crippen molar-refractivity contribution in [1.82, 2.24) is 5.32 Å². The largest absolute Gasteiger partial charge is 0.497 e. The number of fused-ring (bicyclic) bond motifs is 1. The molecule has 0 saturated heterocycles. The van der Waals surface area contributed by atoms with Crippen LogP contribution in [0.3, 0.4) is 0 Å². The fourth-order valence-electron chi connectivity index (χ4n) is 2.93. The molecule has 1 aliphatic rings. The molecule has 0 bridgehead atoms. The molecule has 4 nitrogen and oxygen atoms in total. The molecule has 120 valence electrons. The van der Waals surface area contributed by atoms with E-state index in [1.807, 2.05) is 6.07 Å². The lowest BCUT2D eigenvalue weighted by atomic mass is 9.70. The molecule has 2 rings (SSSR count). The van der Waals surface area contributed by atoms with Gasteiger partial charge in [-0.3, -0.25) is 4.79 Å². The van der Waals surface area contributed by atoms with Crippen LogP contribution in [0.25, 0.3) is 5.57 Å². The first-order valence-corrected chi connectivity index (χ1v) is 7.61. The average Bonchev–Trinajstić information content (AvgIpc) is 2.49. The minimum Gasteiger partial charge on any atom is -0.497 e. The Morgan fingerprint density at radius 3 is 2.82 bits per heavy atom. The number of carbonyl (C=O) groups is 1. The fraction of sp³-hybridized carbons (Fsp3) is 0.500. The zero-order chi connectivity index (χ0) is 16.2. The van der Waals surface area contributed by atoms with E-state index in [0.717, 1.165) is 18.6 Å². The number of rotatable bonds is 5. The van der Waals surface area contributed by atoms with Crippen LogP contribution in [0, 0.1) is 5.41 Å². The predicted molar refractivity (Wildman–Crippen MR) is 88.0 cm³/mol. The molecule has 0 unspecified atom stereocenters. The quantitative estimate of drug-likeness (QED) is 0.910. The lowest BCUT2D eigenvalue weighted by Gasteiger charge is -2.35. The maximum Gasteiger partial charge on any atom is 0.246 e. The summed E-state index contributed by atoms with van der Waals surface area (Å²) in [6.45, 7) is 5.10. The minimum absolute atomic E-state index is 0.0886. The predicted octanol–water partition coefficient (Wildman–Crippen LogP) is 2.81. The second kappa shape index (κ2) is 6.97. The van der Waals surface area contributed by atoms with Gasteiger partial charge in [0.1, 0.15) is 12.4 Å². The van der Waals surface area contributed by atoms with E-state index in [9.17, 15) is 4.79 Å². The molecule has 0 heterocycles. The van der Waals surface area contributed by atoms with Crippen molar-refractivity contribution in [1.29, 1.82) is 0 Å². The molecule has 1 aromatic rings. The maximum absolute atomic E-state index is 11.5. The first-order chi connectivity index (χ1) is 10.5. The first-order valence-electron chi connectivity index (χ1n) is 7.61. The van der Waals surface area contributed by atoms with Crippen LogP contribution >= 0.6 is 0 Å². The third-order valence-electron chi connectivity index (χ3n) is 4.24. The summed E-state index contributed by atoms with van der Waals surface area (Å²) in [4.78, 5) is 11.5. The summed E-state index contributed by atoms with van der Waals surface area (Å²) in [5.74, 6) is 0.768. The Labute approximate surface area is 132 Å². The molecule has 1 aromatic carbocycles. The van der Waals surface area contributed by atoms with E-state index in [-0.39, 0.29) is 17.9 Å². The number of hydrogen-bond donors (Lipinski definition) is 1. The Kier molecular flexibility index (Phi) is 5.24. The zero-order valence-corrected chi connectivity index (χ0v) is 13.9. The number of allylic oxidation sites excluding steroid dienone is 1. The number of methoxy groups -OCH3 is 2. The lowest BCUT2D eigenvalue weighted by Crippen LogP contribution is -2.28. The van der Waals surface area contributed by atoms with Gasteiger partial charge in [-0.25, -0.2) is 0 Å². The Hall–Kier alpha value is -1.81. The molecule has 0 aromatic heterocycles. The van der Waals surface area contributed by atoms with Gasteiger partial charge in [0.2, 0.25) is 5.91 Å². The van der Waals surface area contributed by atoms with Gasteiger partial charge >= 0.3 is 0 Å². The first kappa shape index (κ1) is 16.6. The summed E-state index contributed by atoms with van der Waals surface area (Å²) in [6, 6.07) is 6.24. The third-order valence-corrected chi connectivity index (χ3v) is 4.24. The monoisotopic (exact) mass is 303 g/mol. The second-order valence-corrected chi connectivity index (χ2v) is 6.26. The smallest absolute Gasteiger partial charge is 0.246 e. The number of carbonyl (C=O) groups excluding carboxylic acids is 1. The Bertz CT molecular complexity index is 576. The highest BCUT2D eigenvalue weighted by Crippen LogP contribution is 2.45. The van der Waals surface area contributed by atoms with Gasteiger partial charge in [0, 0.05) is 13.7 Å². The summed E-state index contributed by atoms with van der Waals surface area (Å²) in [5.41, 5.74) is 3.93. The van der Waals surface area contributed by atoms with Crippen LogP contribution in [0.4, 0.5) is 0 Å². The van der Waals surface area contributed by atoms with Gasteiger partial charge in [0.05, 0.1) is 7.11 Å². The fourth-order valence-corrected chi connectivity index (χ4v) is 2.93. The van der Waals surface area contributed by atoms with Gasteiger partial charge in [0.25, 0.3) is 0 Å². The van der Waals surface area contributed by atoms with Crippen LogP contribution in [0.5, 0.6) is 5.75 Å². The van der Waals surface area contributed by atoms with Crippen molar-refractivity contribution in [3.8, 4) is 5.75 Å². The number of benzene rings is 1. The van der Waals surface area contributed by atoms with Gasteiger partial charge in [0.15, 0.2) is 0 Å². The maximum atomic E-state index is 11.5. The van der Waals surface area contributed by atoms with Crippen molar-refractivity contribution in [3.05, 3.63) is 35.4 Å². The van der Waals surface area contributed by atoms with Crippen molar-refractivity contribution < 1.29 is 14.3 Å². The van der Waals surface area contributed by atoms with E-state index in [1.54, 1.807) is 7.11 Å². The average molecular weight is 303 g/mol. The highest BCUT2D eigenvalue weighted by Gasteiger charge is 2.30. The van der Waals surface area contributed by atoms with E-state index >= 15 is 0 Å². The van der Waals surface area contributed by atoms with E-state index in [1.165, 1.54) is 23.8 Å².